The van der Waals surface area contributed by atoms with Crippen molar-refractivity contribution >= 4 is 23.7 Å². The van der Waals surface area contributed by atoms with Crippen molar-refractivity contribution in [1.82, 2.24) is 0 Å². The highest BCUT2D eigenvalue weighted by Crippen LogP contribution is 2.14. The van der Waals surface area contributed by atoms with Gasteiger partial charge in [-0.05, 0) is 45.4 Å². The molecule has 0 aliphatic carbocycles. The van der Waals surface area contributed by atoms with Crippen molar-refractivity contribution in [2.75, 3.05) is 13.1 Å². The van der Waals surface area contributed by atoms with Gasteiger partial charge in [0.15, 0.2) is 6.08 Å². The van der Waals surface area contributed by atoms with Gasteiger partial charge in [0.25, 0.3) is 0 Å². The van der Waals surface area contributed by atoms with Crippen LogP contribution in [0.2, 0.25) is 0 Å². The van der Waals surface area contributed by atoms with Crippen molar-refractivity contribution in [2.45, 2.75) is 219 Å². The van der Waals surface area contributed by atoms with E-state index in [1.807, 2.05) is 0 Å². The van der Waals surface area contributed by atoms with E-state index < -0.39 is 43.5 Å². The van der Waals surface area contributed by atoms with Crippen LogP contribution in [0.1, 0.15) is 220 Å². The molecule has 0 rings (SSSR count). The van der Waals surface area contributed by atoms with Crippen LogP contribution in [0.3, 0.4) is 0 Å². The van der Waals surface area contributed by atoms with Gasteiger partial charge in [0, 0.05) is 19.3 Å². The Balaban J connectivity index is 4.89. The number of allylic oxidation sites excluding steroid dienone is 2. The fourth-order valence-electron chi connectivity index (χ4n) is 5.44. The number of ether oxygens (including phenoxy) is 3. The third-order valence-electron chi connectivity index (χ3n) is 8.54. The largest absolute Gasteiger partial charge is 0.462 e. The van der Waals surface area contributed by atoms with Crippen LogP contribution < -0.4 is 0 Å². The summed E-state index contributed by atoms with van der Waals surface area (Å²) in [5, 5.41) is 0. The molecule has 1 unspecified atom stereocenters. The molecule has 0 N–H and O–H groups in total. The number of Topliss-reactive ketones (excluding diaryl/α,β-unsaturated/α-hetero) is 1. The van der Waals surface area contributed by atoms with E-state index in [4.69, 9.17) is 21.1 Å². The van der Waals surface area contributed by atoms with Gasteiger partial charge >= 0.3 is 17.9 Å². The van der Waals surface area contributed by atoms with Crippen LogP contribution in [0.5, 0.6) is 0 Å². The van der Waals surface area contributed by atoms with Crippen LogP contribution in [0.25, 0.3) is 0 Å². The van der Waals surface area contributed by atoms with Crippen molar-refractivity contribution in [3.8, 4) is 0 Å². The minimum absolute atomic E-state index is 0.169. The molecule has 1 atom stereocenters. The van der Waals surface area contributed by atoms with Gasteiger partial charge < -0.3 is 19.0 Å². The number of carbonyl (C=O) groups excluding carboxylic acids is 4. The van der Waals surface area contributed by atoms with Crippen LogP contribution >= 0.6 is 0 Å². The second-order valence-electron chi connectivity index (χ2n) is 13.5. The molecule has 7 nitrogen and oxygen atoms in total. The summed E-state index contributed by atoms with van der Waals surface area (Å²) in [5.74, 6) is -3.68. The first-order valence-corrected chi connectivity index (χ1v) is 20.0. The average molecular weight is 698 g/mol. The van der Waals surface area contributed by atoms with E-state index in [1.165, 1.54) is 96.8 Å². The zero-order valence-corrected chi connectivity index (χ0v) is 31.7. The van der Waals surface area contributed by atoms with Crippen LogP contribution in [0.15, 0.2) is 12.2 Å². The van der Waals surface area contributed by atoms with Gasteiger partial charge in [-0.15, -0.1) is 0 Å². The smallest absolute Gasteiger partial charge is 0.306 e. The van der Waals surface area contributed by atoms with Gasteiger partial charge in [-0.2, -0.15) is 0 Å². The maximum atomic E-state index is 12.9. The van der Waals surface area contributed by atoms with Crippen molar-refractivity contribution < 1.29 is 40.2 Å². The lowest BCUT2D eigenvalue weighted by Crippen LogP contribution is -2.31. The number of hydrogen-bond acceptors (Lipinski definition) is 7. The quantitative estimate of drug-likeness (QED) is 0.0276. The lowest BCUT2D eigenvalue weighted by molar-refractivity contribution is -0.167. The number of esters is 3. The normalized spacial score (nSPS) is 14.6. The lowest BCUT2D eigenvalue weighted by Gasteiger charge is -2.18. The zero-order chi connectivity index (χ0) is 40.6. The molecule has 0 heterocycles. The minimum atomic E-state index is -3.57. The maximum absolute atomic E-state index is 12.9. The molecule has 0 aromatic heterocycles. The van der Waals surface area contributed by atoms with Crippen LogP contribution in [-0.4, -0.2) is 42.9 Å². The molecule has 0 amide bonds. The molecule has 0 fully saturated rings. The summed E-state index contributed by atoms with van der Waals surface area (Å²) in [4.78, 5) is 49.2. The summed E-state index contributed by atoms with van der Waals surface area (Å²) in [6.45, 7) is -1.39. The summed E-state index contributed by atoms with van der Waals surface area (Å²) in [7, 11) is 0. The molecule has 7 heteroatoms. The van der Waals surface area contributed by atoms with Gasteiger partial charge in [0.1, 0.15) is 18.9 Å². The number of rotatable bonds is 37. The Kier molecular flexibility index (Phi) is 28.8. The molecule has 0 spiro atoms. The summed E-state index contributed by atoms with van der Waals surface area (Å²) >= 11 is 0. The summed E-state index contributed by atoms with van der Waals surface area (Å²) in [6, 6.07) is 0. The van der Waals surface area contributed by atoms with Crippen LogP contribution in [0, 0.1) is 0 Å². The van der Waals surface area contributed by atoms with Crippen molar-refractivity contribution in [2.24, 2.45) is 0 Å². The highest BCUT2D eigenvalue weighted by atomic mass is 16.6. The molecular weight excluding hydrogens is 616 g/mol. The summed E-state index contributed by atoms with van der Waals surface area (Å²) in [6.07, 6.45) is 27.8. The Morgan fingerprint density at radius 2 is 0.837 bits per heavy atom. The maximum Gasteiger partial charge on any atom is 0.306 e. The number of hydrogen-bond donors (Lipinski definition) is 0. The van der Waals surface area contributed by atoms with Gasteiger partial charge in [0.05, 0.1) is 13.3 Å². The molecule has 0 saturated heterocycles. The summed E-state index contributed by atoms with van der Waals surface area (Å²) < 4.78 is 57.0. The minimum Gasteiger partial charge on any atom is -0.462 e. The standard InChI is InChI=1S/C42H76O7/c1-4-6-8-10-12-14-16-18-19-21-23-25-27-29-31-33-42(46)49-39(37-48-41(45)35-34-38(3)43)36-47-40(44)32-30-28-26-24-22-20-17-15-13-11-9-7-5-2/h18-19,39H,4-17,20-37H2,1-3H3/b19-18-/i36D2,37D2,39D. The number of ketones is 1. The van der Waals surface area contributed by atoms with Crippen molar-refractivity contribution in [1.29, 1.82) is 0 Å². The molecule has 286 valence electrons. The highest BCUT2D eigenvalue weighted by molar-refractivity contribution is 5.81. The monoisotopic (exact) mass is 698 g/mol. The van der Waals surface area contributed by atoms with E-state index in [2.05, 4.69) is 26.0 Å². The second-order valence-corrected chi connectivity index (χ2v) is 13.5. The van der Waals surface area contributed by atoms with E-state index in [9.17, 15) is 19.2 Å². The van der Waals surface area contributed by atoms with E-state index in [1.54, 1.807) is 0 Å². The lowest BCUT2D eigenvalue weighted by atomic mass is 10.0. The Morgan fingerprint density at radius 1 is 0.490 bits per heavy atom. The Morgan fingerprint density at radius 3 is 1.24 bits per heavy atom. The fourth-order valence-corrected chi connectivity index (χ4v) is 5.44. The molecule has 0 aliphatic heterocycles. The Hall–Kier alpha value is -2.18. The molecule has 0 aliphatic rings. The third kappa shape index (κ3) is 36.9. The SMILES string of the molecule is [2H]C([2H])(OC(=O)CCCCCCCCCCCCCCC)C([2H])(OC(=O)CCCCCCC/C=C\CCCCCCCC)C([2H])([2H])OC(=O)CCC(C)=O. The van der Waals surface area contributed by atoms with Gasteiger partial charge in [0.2, 0.25) is 0 Å². The van der Waals surface area contributed by atoms with Crippen molar-refractivity contribution in [3.05, 3.63) is 12.2 Å². The van der Waals surface area contributed by atoms with Crippen LogP contribution in [-0.2, 0) is 33.4 Å². The Labute approximate surface area is 308 Å². The predicted octanol–water partition coefficient (Wildman–Crippen LogP) is 11.9. The molecular formula is C42H76O7. The number of unbranched alkanes of at least 4 members (excludes halogenated alkanes) is 23. The first kappa shape index (κ1) is 38.1. The molecule has 0 aromatic carbocycles. The number of carbonyl (C=O) groups is 4. The summed E-state index contributed by atoms with van der Waals surface area (Å²) in [5.41, 5.74) is 0. The van der Waals surface area contributed by atoms with Gasteiger partial charge in [-0.1, -0.05) is 154 Å². The first-order chi connectivity index (χ1) is 25.7. The topological polar surface area (TPSA) is 96.0 Å². The van der Waals surface area contributed by atoms with E-state index in [0.29, 0.717) is 19.3 Å². The molecule has 0 saturated carbocycles. The van der Waals surface area contributed by atoms with E-state index >= 15 is 0 Å². The predicted molar refractivity (Wildman–Crippen MR) is 201 cm³/mol. The van der Waals surface area contributed by atoms with E-state index in [0.717, 1.165) is 57.8 Å². The van der Waals surface area contributed by atoms with Gasteiger partial charge in [-0.3, -0.25) is 14.4 Å². The van der Waals surface area contributed by atoms with Crippen molar-refractivity contribution in [3.63, 3.8) is 0 Å². The van der Waals surface area contributed by atoms with Crippen LogP contribution in [0.4, 0.5) is 0 Å². The average Bonchev–Trinajstić information content (AvgIpc) is 3.10. The molecule has 0 bridgehead atoms. The second kappa shape index (κ2) is 37.1. The third-order valence-corrected chi connectivity index (χ3v) is 8.54. The highest BCUT2D eigenvalue weighted by Gasteiger charge is 2.19. The fraction of sp³-hybridized carbons (Fsp3) is 0.857. The molecule has 0 aromatic rings. The van der Waals surface area contributed by atoms with Gasteiger partial charge in [-0.25, -0.2) is 0 Å². The Bertz CT molecular complexity index is 1040. The molecule has 49 heavy (non-hydrogen) atoms. The first-order valence-electron chi connectivity index (χ1n) is 22.5. The molecule has 0 radical (unpaired) electrons. The zero-order valence-electron chi connectivity index (χ0n) is 36.7. The van der Waals surface area contributed by atoms with E-state index in [-0.39, 0.29) is 25.0 Å².